The lowest BCUT2D eigenvalue weighted by Gasteiger charge is -2.26. The molecule has 2 atom stereocenters. The number of nitrogens with two attached hydrogens (primary N) is 1. The summed E-state index contributed by atoms with van der Waals surface area (Å²) in [6.07, 6.45) is 6.59. The van der Waals surface area contributed by atoms with E-state index in [1.807, 2.05) is 0 Å². The molecule has 2 saturated carbocycles. The molecule has 0 saturated heterocycles. The fourth-order valence-corrected chi connectivity index (χ4v) is 6.37. The molecule has 0 aliphatic heterocycles. The molecule has 5 nitrogen and oxygen atoms in total. The van der Waals surface area contributed by atoms with Crippen molar-refractivity contribution in [1.82, 2.24) is 0 Å². The van der Waals surface area contributed by atoms with Gasteiger partial charge < -0.3 is 10.5 Å². The summed E-state index contributed by atoms with van der Waals surface area (Å²) in [4.78, 5) is 11.5. The lowest BCUT2D eigenvalue weighted by Crippen LogP contribution is -2.37. The van der Waals surface area contributed by atoms with Crippen LogP contribution in [-0.4, -0.2) is 39.0 Å². The van der Waals surface area contributed by atoms with Gasteiger partial charge in [-0.2, -0.15) is 0 Å². The molecule has 2 rings (SSSR count). The Kier molecular flexibility index (Phi) is 5.30. The van der Waals surface area contributed by atoms with Gasteiger partial charge in [0.1, 0.15) is 0 Å². The van der Waals surface area contributed by atoms with Gasteiger partial charge in [-0.3, -0.25) is 4.79 Å². The molecule has 0 heterocycles. The second kappa shape index (κ2) is 6.65. The second-order valence-electron chi connectivity index (χ2n) is 6.73. The number of esters is 1. The van der Waals surface area contributed by atoms with E-state index < -0.39 is 9.84 Å². The first kappa shape index (κ1) is 16.7. The molecule has 21 heavy (non-hydrogen) atoms. The zero-order valence-corrected chi connectivity index (χ0v) is 13.7. The molecule has 0 bridgehead atoms. The number of carbonyl (C=O) groups is 1. The zero-order valence-electron chi connectivity index (χ0n) is 12.8. The monoisotopic (exact) mass is 317 g/mol. The van der Waals surface area contributed by atoms with E-state index in [-0.39, 0.29) is 34.7 Å². The number of hydrogen-bond donors (Lipinski definition) is 1. The van der Waals surface area contributed by atoms with Crippen molar-refractivity contribution in [2.75, 3.05) is 19.4 Å². The SMILES string of the molecule is COC(=O)CC1(CS(=O)(=O)C2CCCCCC2CN)CC1. The van der Waals surface area contributed by atoms with Gasteiger partial charge in [0, 0.05) is 0 Å². The molecule has 0 amide bonds. The van der Waals surface area contributed by atoms with Crippen LogP contribution in [0.5, 0.6) is 0 Å². The fraction of sp³-hybridized carbons (Fsp3) is 0.933. The van der Waals surface area contributed by atoms with Gasteiger partial charge in [-0.15, -0.1) is 0 Å². The Hall–Kier alpha value is -0.620. The summed E-state index contributed by atoms with van der Waals surface area (Å²) in [5, 5.41) is -0.319. The average molecular weight is 317 g/mol. The number of sulfone groups is 1. The quantitative estimate of drug-likeness (QED) is 0.594. The van der Waals surface area contributed by atoms with E-state index in [9.17, 15) is 13.2 Å². The van der Waals surface area contributed by atoms with Crippen LogP contribution in [0, 0.1) is 11.3 Å². The normalized spacial score (nSPS) is 28.7. The Balaban J connectivity index is 2.08. The number of rotatable bonds is 6. The minimum atomic E-state index is -3.20. The molecular formula is C15H27NO4S. The van der Waals surface area contributed by atoms with Gasteiger partial charge in [-0.25, -0.2) is 8.42 Å². The van der Waals surface area contributed by atoms with Crippen LogP contribution in [0.15, 0.2) is 0 Å². The van der Waals surface area contributed by atoms with E-state index in [1.165, 1.54) is 7.11 Å². The third-order valence-electron chi connectivity index (χ3n) is 5.06. The van der Waals surface area contributed by atoms with Crippen molar-refractivity contribution in [2.45, 2.75) is 56.6 Å². The molecule has 2 aliphatic carbocycles. The molecular weight excluding hydrogens is 290 g/mol. The summed E-state index contributed by atoms with van der Waals surface area (Å²) in [6.45, 7) is 0.438. The Labute approximate surface area is 127 Å². The van der Waals surface area contributed by atoms with E-state index >= 15 is 0 Å². The molecule has 2 aliphatic rings. The molecule has 0 aromatic heterocycles. The van der Waals surface area contributed by atoms with Gasteiger partial charge in [0.2, 0.25) is 0 Å². The molecule has 2 fully saturated rings. The van der Waals surface area contributed by atoms with Crippen LogP contribution in [0.4, 0.5) is 0 Å². The van der Waals surface area contributed by atoms with Gasteiger partial charge in [-0.1, -0.05) is 19.3 Å². The number of ether oxygens (including phenoxy) is 1. The Bertz CT molecular complexity index is 470. The van der Waals surface area contributed by atoms with Crippen molar-refractivity contribution in [3.05, 3.63) is 0 Å². The van der Waals surface area contributed by atoms with E-state index in [1.54, 1.807) is 0 Å². The van der Waals surface area contributed by atoms with E-state index in [2.05, 4.69) is 0 Å². The standard InChI is InChI=1S/C15H27NO4S/c1-20-14(17)9-15(7-8-15)11-21(18,19)13-6-4-2-3-5-12(13)10-16/h12-13H,2-11,16H2,1H3. The lowest BCUT2D eigenvalue weighted by atomic mass is 10.0. The highest BCUT2D eigenvalue weighted by Crippen LogP contribution is 2.51. The molecule has 6 heteroatoms. The van der Waals surface area contributed by atoms with Crippen LogP contribution in [0.2, 0.25) is 0 Å². The molecule has 0 spiro atoms. The molecule has 0 aromatic rings. The highest BCUT2D eigenvalue weighted by molar-refractivity contribution is 7.92. The molecule has 0 radical (unpaired) electrons. The van der Waals surface area contributed by atoms with Crippen LogP contribution >= 0.6 is 0 Å². The van der Waals surface area contributed by atoms with Gasteiger partial charge in [0.05, 0.1) is 24.5 Å². The zero-order chi connectivity index (χ0) is 15.5. The predicted octanol–water partition coefficient (Wildman–Crippen LogP) is 1.65. The van der Waals surface area contributed by atoms with Crippen LogP contribution < -0.4 is 5.73 Å². The highest BCUT2D eigenvalue weighted by Gasteiger charge is 2.50. The Morgan fingerprint density at radius 2 is 1.90 bits per heavy atom. The number of hydrogen-bond acceptors (Lipinski definition) is 5. The maximum absolute atomic E-state index is 12.8. The highest BCUT2D eigenvalue weighted by atomic mass is 32.2. The lowest BCUT2D eigenvalue weighted by molar-refractivity contribution is -0.141. The predicted molar refractivity (Wildman–Crippen MR) is 81.5 cm³/mol. The summed E-state index contributed by atoms with van der Waals surface area (Å²) in [6, 6.07) is 0. The fourth-order valence-electron chi connectivity index (χ4n) is 3.55. The maximum Gasteiger partial charge on any atom is 0.306 e. The molecule has 122 valence electrons. The second-order valence-corrected chi connectivity index (χ2v) is 8.95. The minimum Gasteiger partial charge on any atom is -0.469 e. The van der Waals surface area contributed by atoms with E-state index in [4.69, 9.17) is 10.5 Å². The van der Waals surface area contributed by atoms with Crippen molar-refractivity contribution in [1.29, 1.82) is 0 Å². The summed E-state index contributed by atoms with van der Waals surface area (Å²) >= 11 is 0. The van der Waals surface area contributed by atoms with Gasteiger partial charge >= 0.3 is 5.97 Å². The van der Waals surface area contributed by atoms with E-state index in [0.29, 0.717) is 6.54 Å². The first-order valence-electron chi connectivity index (χ1n) is 7.91. The third-order valence-corrected chi connectivity index (χ3v) is 7.62. The largest absolute Gasteiger partial charge is 0.469 e. The smallest absolute Gasteiger partial charge is 0.306 e. The van der Waals surface area contributed by atoms with Crippen molar-refractivity contribution < 1.29 is 17.9 Å². The maximum atomic E-state index is 12.8. The summed E-state index contributed by atoms with van der Waals surface area (Å²) in [5.74, 6) is -0.110. The van der Waals surface area contributed by atoms with Gasteiger partial charge in [-0.05, 0) is 43.6 Å². The molecule has 0 aromatic carbocycles. The summed E-state index contributed by atoms with van der Waals surface area (Å²) in [7, 11) is -1.85. The van der Waals surface area contributed by atoms with Crippen LogP contribution in [0.3, 0.4) is 0 Å². The van der Waals surface area contributed by atoms with Crippen molar-refractivity contribution >= 4 is 15.8 Å². The number of methoxy groups -OCH3 is 1. The topological polar surface area (TPSA) is 86.5 Å². The minimum absolute atomic E-state index is 0.0754. The first-order chi connectivity index (χ1) is 9.92. The van der Waals surface area contributed by atoms with Crippen molar-refractivity contribution in [2.24, 2.45) is 17.1 Å². The van der Waals surface area contributed by atoms with E-state index in [0.717, 1.165) is 44.9 Å². The van der Waals surface area contributed by atoms with Crippen molar-refractivity contribution in [3.63, 3.8) is 0 Å². The number of carbonyl (C=O) groups excluding carboxylic acids is 1. The Morgan fingerprint density at radius 1 is 1.24 bits per heavy atom. The van der Waals surface area contributed by atoms with Crippen LogP contribution in [-0.2, 0) is 19.4 Å². The summed E-state index contributed by atoms with van der Waals surface area (Å²) < 4.78 is 30.3. The van der Waals surface area contributed by atoms with Gasteiger partial charge in [0.25, 0.3) is 0 Å². The summed E-state index contributed by atoms with van der Waals surface area (Å²) in [5.41, 5.74) is 5.44. The van der Waals surface area contributed by atoms with Crippen LogP contribution in [0.1, 0.15) is 51.4 Å². The Morgan fingerprint density at radius 3 is 2.48 bits per heavy atom. The van der Waals surface area contributed by atoms with Gasteiger partial charge in [0.15, 0.2) is 9.84 Å². The average Bonchev–Trinajstić information content (AvgIpc) is 3.20. The van der Waals surface area contributed by atoms with Crippen molar-refractivity contribution in [3.8, 4) is 0 Å². The molecule has 2 N–H and O–H groups in total. The third kappa shape index (κ3) is 4.19. The first-order valence-corrected chi connectivity index (χ1v) is 9.62. The van der Waals surface area contributed by atoms with Crippen LogP contribution in [0.25, 0.3) is 0 Å². The molecule has 2 unspecified atom stereocenters.